The van der Waals surface area contributed by atoms with Crippen LogP contribution >= 0.6 is 0 Å². The van der Waals surface area contributed by atoms with Crippen LogP contribution in [0.1, 0.15) is 51.3 Å². The van der Waals surface area contributed by atoms with Gasteiger partial charge in [0.05, 0.1) is 18.2 Å². The highest BCUT2D eigenvalue weighted by Gasteiger charge is 2.34. The zero-order chi connectivity index (χ0) is 16.6. The van der Waals surface area contributed by atoms with Crippen LogP contribution in [0.25, 0.3) is 0 Å². The average Bonchev–Trinajstić information content (AvgIpc) is 2.90. The largest absolute Gasteiger partial charge is 0.373 e. The molecule has 0 aromatic carbocycles. The van der Waals surface area contributed by atoms with Crippen molar-refractivity contribution in [2.75, 3.05) is 13.1 Å². The molecule has 8 nitrogen and oxygen atoms in total. The molecular formula is C14H25N5O3S. The summed E-state index contributed by atoms with van der Waals surface area (Å²) in [5.41, 5.74) is 0. The van der Waals surface area contributed by atoms with Crippen LogP contribution in [0.3, 0.4) is 0 Å². The topological polar surface area (TPSA) is 89.3 Å². The number of hydrogen-bond acceptors (Lipinski definition) is 5. The minimum absolute atomic E-state index is 0.1000. The summed E-state index contributed by atoms with van der Waals surface area (Å²) >= 11 is 0. The summed E-state index contributed by atoms with van der Waals surface area (Å²) in [5, 5.41) is 4.42. The number of nitrogens with one attached hydrogen (secondary N) is 1. The Kier molecular flexibility index (Phi) is 4.73. The summed E-state index contributed by atoms with van der Waals surface area (Å²) in [4.78, 5) is 4.49. The number of morpholine rings is 1. The molecule has 0 unspecified atom stereocenters. The van der Waals surface area contributed by atoms with Gasteiger partial charge < -0.3 is 4.74 Å². The van der Waals surface area contributed by atoms with Crippen molar-refractivity contribution in [3.8, 4) is 0 Å². The lowest BCUT2D eigenvalue weighted by Gasteiger charge is -2.35. The molecule has 0 saturated carbocycles. The fourth-order valence-corrected chi connectivity index (χ4v) is 4.79. The Morgan fingerprint density at radius 2 is 2.00 bits per heavy atom. The highest BCUT2D eigenvalue weighted by atomic mass is 32.2. The number of hydrogen-bond donors (Lipinski definition) is 1. The molecular weight excluding hydrogens is 318 g/mol. The number of aromatic nitrogens is 3. The molecule has 1 fully saturated rings. The molecule has 0 bridgehead atoms. The molecule has 1 aromatic rings. The molecule has 3 heterocycles. The first-order valence-corrected chi connectivity index (χ1v) is 9.69. The molecule has 23 heavy (non-hydrogen) atoms. The number of rotatable bonds is 4. The fourth-order valence-electron chi connectivity index (χ4n) is 3.24. The molecule has 3 atom stereocenters. The third-order valence-electron chi connectivity index (χ3n) is 4.25. The van der Waals surface area contributed by atoms with Crippen LogP contribution in [0, 0.1) is 0 Å². The Morgan fingerprint density at radius 1 is 1.30 bits per heavy atom. The number of ether oxygens (including phenoxy) is 1. The van der Waals surface area contributed by atoms with Gasteiger partial charge in [-0.1, -0.05) is 6.92 Å². The van der Waals surface area contributed by atoms with E-state index in [-0.39, 0.29) is 18.2 Å². The van der Waals surface area contributed by atoms with Crippen LogP contribution in [-0.4, -0.2) is 52.8 Å². The zero-order valence-electron chi connectivity index (χ0n) is 13.9. The molecule has 2 aliphatic heterocycles. The maximum Gasteiger partial charge on any atom is 0.280 e. The second-order valence-electron chi connectivity index (χ2n) is 6.35. The van der Waals surface area contributed by atoms with Gasteiger partial charge in [-0.25, -0.2) is 9.67 Å². The van der Waals surface area contributed by atoms with Crippen LogP contribution in [0.4, 0.5) is 0 Å². The molecule has 0 spiro atoms. The van der Waals surface area contributed by atoms with Crippen molar-refractivity contribution in [3.63, 3.8) is 0 Å². The van der Waals surface area contributed by atoms with E-state index in [9.17, 15) is 8.42 Å². The van der Waals surface area contributed by atoms with Crippen LogP contribution < -0.4 is 4.72 Å². The quantitative estimate of drug-likeness (QED) is 0.866. The lowest BCUT2D eigenvalue weighted by Crippen LogP contribution is -2.52. The summed E-state index contributed by atoms with van der Waals surface area (Å²) in [6.45, 7) is 7.33. The van der Waals surface area contributed by atoms with Gasteiger partial charge in [0, 0.05) is 26.1 Å². The van der Waals surface area contributed by atoms with E-state index in [1.54, 1.807) is 0 Å². The summed E-state index contributed by atoms with van der Waals surface area (Å²) in [6, 6.07) is -0.310. The molecule has 0 radical (unpaired) electrons. The zero-order valence-corrected chi connectivity index (χ0v) is 14.7. The van der Waals surface area contributed by atoms with Crippen molar-refractivity contribution in [3.05, 3.63) is 11.6 Å². The van der Waals surface area contributed by atoms with Gasteiger partial charge in [0.2, 0.25) is 0 Å². The number of aryl methyl sites for hydroxylation is 2. The lowest BCUT2D eigenvalue weighted by atomic mass is 10.1. The summed E-state index contributed by atoms with van der Waals surface area (Å²) in [6.07, 6.45) is 2.19. The van der Waals surface area contributed by atoms with Crippen molar-refractivity contribution in [1.82, 2.24) is 23.8 Å². The first-order chi connectivity index (χ1) is 10.9. The standard InChI is InChI=1S/C14H25N5O3S/c1-4-13-15-14-12(6-5-7-19(14)16-13)17-23(20,21)18-8-10(2)22-11(3)9-18/h10-12,17H,4-9H2,1-3H3/t10-,11+,12-/m0/s1. The van der Waals surface area contributed by atoms with Crippen molar-refractivity contribution >= 4 is 10.2 Å². The smallest absolute Gasteiger partial charge is 0.280 e. The molecule has 0 amide bonds. The van der Waals surface area contributed by atoms with E-state index >= 15 is 0 Å². The highest BCUT2D eigenvalue weighted by Crippen LogP contribution is 2.25. The SMILES string of the molecule is CCc1nc2n(n1)CCC[C@@H]2NS(=O)(=O)N1C[C@@H](C)O[C@@H](C)C1. The van der Waals surface area contributed by atoms with E-state index < -0.39 is 10.2 Å². The summed E-state index contributed by atoms with van der Waals surface area (Å²) in [7, 11) is -3.57. The maximum atomic E-state index is 12.7. The lowest BCUT2D eigenvalue weighted by molar-refractivity contribution is -0.0445. The molecule has 1 aromatic heterocycles. The molecule has 9 heteroatoms. The number of fused-ring (bicyclic) bond motifs is 1. The Hall–Kier alpha value is -1.03. The van der Waals surface area contributed by atoms with E-state index in [0.29, 0.717) is 13.1 Å². The van der Waals surface area contributed by atoms with Gasteiger partial charge in [-0.3, -0.25) is 0 Å². The second-order valence-corrected chi connectivity index (χ2v) is 8.06. The highest BCUT2D eigenvalue weighted by molar-refractivity contribution is 7.87. The second kappa shape index (κ2) is 6.46. The van der Waals surface area contributed by atoms with Crippen LogP contribution in [0.5, 0.6) is 0 Å². The summed E-state index contributed by atoms with van der Waals surface area (Å²) < 4.78 is 37.2. The summed E-state index contributed by atoms with van der Waals surface area (Å²) in [5.74, 6) is 1.49. The Morgan fingerprint density at radius 3 is 2.65 bits per heavy atom. The first kappa shape index (κ1) is 16.8. The normalized spacial score (nSPS) is 29.4. The van der Waals surface area contributed by atoms with Crippen LogP contribution in [0.2, 0.25) is 0 Å². The maximum absolute atomic E-state index is 12.7. The van der Waals surface area contributed by atoms with E-state index in [1.807, 2.05) is 25.5 Å². The van der Waals surface area contributed by atoms with Gasteiger partial charge in [0.25, 0.3) is 10.2 Å². The van der Waals surface area contributed by atoms with Gasteiger partial charge in [-0.15, -0.1) is 0 Å². The van der Waals surface area contributed by atoms with E-state index in [0.717, 1.165) is 37.5 Å². The van der Waals surface area contributed by atoms with E-state index in [4.69, 9.17) is 4.74 Å². The fraction of sp³-hybridized carbons (Fsp3) is 0.857. The Bertz CT molecular complexity index is 649. The van der Waals surface area contributed by atoms with Crippen molar-refractivity contribution in [1.29, 1.82) is 0 Å². The molecule has 1 N–H and O–H groups in total. The molecule has 130 valence electrons. The van der Waals surface area contributed by atoms with Crippen LogP contribution in [-0.2, 0) is 27.9 Å². The monoisotopic (exact) mass is 343 g/mol. The van der Waals surface area contributed by atoms with Gasteiger partial charge in [0.1, 0.15) is 5.82 Å². The third kappa shape index (κ3) is 3.57. The van der Waals surface area contributed by atoms with Crippen molar-refractivity contribution < 1.29 is 13.2 Å². The molecule has 0 aliphatic carbocycles. The van der Waals surface area contributed by atoms with E-state index in [2.05, 4.69) is 14.8 Å². The van der Waals surface area contributed by atoms with E-state index in [1.165, 1.54) is 4.31 Å². The van der Waals surface area contributed by atoms with Gasteiger partial charge in [0.15, 0.2) is 5.82 Å². The predicted octanol–water partition coefficient (Wildman–Crippen LogP) is 0.619. The molecule has 1 saturated heterocycles. The minimum atomic E-state index is -3.57. The average molecular weight is 343 g/mol. The predicted molar refractivity (Wildman–Crippen MR) is 85.0 cm³/mol. The first-order valence-electron chi connectivity index (χ1n) is 8.25. The molecule has 3 rings (SSSR count). The number of nitrogens with zero attached hydrogens (tertiary/aromatic N) is 4. The minimum Gasteiger partial charge on any atom is -0.373 e. The van der Waals surface area contributed by atoms with Crippen molar-refractivity contribution in [2.24, 2.45) is 0 Å². The molecule has 2 aliphatic rings. The van der Waals surface area contributed by atoms with Crippen molar-refractivity contribution in [2.45, 2.75) is 64.8 Å². The van der Waals surface area contributed by atoms with Gasteiger partial charge in [-0.05, 0) is 26.7 Å². The Balaban J connectivity index is 1.77. The Labute approximate surface area is 137 Å². The van der Waals surface area contributed by atoms with Gasteiger partial charge >= 0.3 is 0 Å². The van der Waals surface area contributed by atoms with Gasteiger partial charge in [-0.2, -0.15) is 22.5 Å². The third-order valence-corrected chi connectivity index (χ3v) is 5.81. The van der Waals surface area contributed by atoms with Crippen LogP contribution in [0.15, 0.2) is 0 Å².